The Bertz CT molecular complexity index is 1170. The number of carboxylic acid groups (broad SMARTS) is 1. The van der Waals surface area contributed by atoms with Crippen LogP contribution in [0.4, 0.5) is 0 Å². The summed E-state index contributed by atoms with van der Waals surface area (Å²) in [5.74, 6) is -0.141. The van der Waals surface area contributed by atoms with E-state index in [1.54, 1.807) is 0 Å². The Labute approximate surface area is 185 Å². The van der Waals surface area contributed by atoms with Crippen molar-refractivity contribution in [2.75, 3.05) is 0 Å². The maximum Gasteiger partial charge on any atom is 0.321 e. The molecule has 0 saturated carbocycles. The SMILES string of the molecule is O=C(O)[C@H](Cc1c[nH]c2ccccc12)NCc1cccc(OCc2ccc(Cl)cc2)c1. The number of aromatic amines is 1. The van der Waals surface area contributed by atoms with E-state index in [-0.39, 0.29) is 0 Å². The Morgan fingerprint density at radius 1 is 1.03 bits per heavy atom. The highest BCUT2D eigenvalue weighted by Crippen LogP contribution is 2.20. The summed E-state index contributed by atoms with van der Waals surface area (Å²) in [6.45, 7) is 0.865. The van der Waals surface area contributed by atoms with Crippen LogP contribution in [0.15, 0.2) is 79.0 Å². The van der Waals surface area contributed by atoms with Gasteiger partial charge in [0.1, 0.15) is 18.4 Å². The van der Waals surface area contributed by atoms with Gasteiger partial charge in [0.25, 0.3) is 0 Å². The van der Waals surface area contributed by atoms with Gasteiger partial charge in [-0.1, -0.05) is 54.1 Å². The summed E-state index contributed by atoms with van der Waals surface area (Å²) in [4.78, 5) is 15.0. The van der Waals surface area contributed by atoms with E-state index in [1.807, 2.05) is 79.0 Å². The van der Waals surface area contributed by atoms with Crippen molar-refractivity contribution >= 4 is 28.5 Å². The molecule has 0 radical (unpaired) electrons. The monoisotopic (exact) mass is 434 g/mol. The number of carboxylic acids is 1. The summed E-state index contributed by atoms with van der Waals surface area (Å²) in [6.07, 6.45) is 2.28. The molecule has 4 aromatic rings. The largest absolute Gasteiger partial charge is 0.489 e. The fraction of sp³-hybridized carbons (Fsp3) is 0.160. The molecule has 0 aliphatic heterocycles. The van der Waals surface area contributed by atoms with Crippen LogP contribution in [0.3, 0.4) is 0 Å². The molecule has 4 rings (SSSR count). The lowest BCUT2D eigenvalue weighted by Crippen LogP contribution is -2.38. The van der Waals surface area contributed by atoms with Crippen LogP contribution in [0.2, 0.25) is 5.02 Å². The number of nitrogens with one attached hydrogen (secondary N) is 2. The molecule has 0 spiro atoms. The molecule has 1 aromatic heterocycles. The minimum atomic E-state index is -0.875. The van der Waals surface area contributed by atoms with E-state index >= 15 is 0 Å². The van der Waals surface area contributed by atoms with Crippen molar-refractivity contribution in [1.82, 2.24) is 10.3 Å². The quantitative estimate of drug-likeness (QED) is 0.339. The lowest BCUT2D eigenvalue weighted by molar-refractivity contribution is -0.139. The van der Waals surface area contributed by atoms with E-state index in [9.17, 15) is 9.90 Å². The smallest absolute Gasteiger partial charge is 0.321 e. The molecular weight excluding hydrogens is 412 g/mol. The van der Waals surface area contributed by atoms with Crippen LogP contribution in [0, 0.1) is 0 Å². The van der Waals surface area contributed by atoms with E-state index in [1.165, 1.54) is 0 Å². The molecule has 6 heteroatoms. The van der Waals surface area contributed by atoms with Crippen LogP contribution < -0.4 is 10.1 Å². The molecule has 0 amide bonds. The van der Waals surface area contributed by atoms with Gasteiger partial charge in [0.05, 0.1) is 0 Å². The molecule has 0 fully saturated rings. The minimum Gasteiger partial charge on any atom is -0.489 e. The third-order valence-corrected chi connectivity index (χ3v) is 5.42. The summed E-state index contributed by atoms with van der Waals surface area (Å²) in [6, 6.07) is 22.4. The van der Waals surface area contributed by atoms with Gasteiger partial charge in [-0.05, 0) is 47.0 Å². The van der Waals surface area contributed by atoms with Crippen molar-refractivity contribution in [2.24, 2.45) is 0 Å². The average Bonchev–Trinajstić information content (AvgIpc) is 3.19. The number of fused-ring (bicyclic) bond motifs is 1. The molecule has 3 N–H and O–H groups in total. The topological polar surface area (TPSA) is 74.3 Å². The van der Waals surface area contributed by atoms with E-state index in [0.717, 1.165) is 33.3 Å². The van der Waals surface area contributed by atoms with Gasteiger partial charge in [0.15, 0.2) is 0 Å². The third kappa shape index (κ3) is 5.45. The second-order valence-electron chi connectivity index (χ2n) is 7.40. The Balaban J connectivity index is 1.38. The first-order valence-electron chi connectivity index (χ1n) is 10.1. The Morgan fingerprint density at radius 2 is 1.84 bits per heavy atom. The molecule has 158 valence electrons. The number of aliphatic carboxylic acids is 1. The average molecular weight is 435 g/mol. The fourth-order valence-electron chi connectivity index (χ4n) is 3.50. The van der Waals surface area contributed by atoms with E-state index in [2.05, 4.69) is 10.3 Å². The number of hydrogen-bond donors (Lipinski definition) is 3. The number of H-pyrrole nitrogens is 1. The minimum absolute atomic E-state index is 0.395. The van der Waals surface area contributed by atoms with E-state index in [0.29, 0.717) is 24.6 Å². The van der Waals surface area contributed by atoms with Gasteiger partial charge in [0, 0.05) is 35.1 Å². The first-order chi connectivity index (χ1) is 15.1. The summed E-state index contributed by atoms with van der Waals surface area (Å²) in [7, 11) is 0. The molecule has 0 bridgehead atoms. The van der Waals surface area contributed by atoms with Gasteiger partial charge < -0.3 is 20.1 Å². The normalized spacial score (nSPS) is 12.0. The predicted octanol–water partition coefficient (Wildman–Crippen LogP) is 5.19. The number of benzene rings is 3. The Hall–Kier alpha value is -3.28. The number of aromatic nitrogens is 1. The number of ether oxygens (including phenoxy) is 1. The second kappa shape index (κ2) is 9.69. The molecule has 3 aromatic carbocycles. The standard InChI is InChI=1S/C25H23ClN2O3/c26-20-10-8-17(9-11-20)16-31-21-5-3-4-18(12-21)14-27-24(25(29)30)13-19-15-28-23-7-2-1-6-22(19)23/h1-12,15,24,27-28H,13-14,16H2,(H,29,30)/t24-/m0/s1. The van der Waals surface area contributed by atoms with Crippen molar-refractivity contribution in [3.05, 3.63) is 101 Å². The molecular formula is C25H23ClN2O3. The van der Waals surface area contributed by atoms with Gasteiger partial charge in [-0.2, -0.15) is 0 Å². The molecule has 0 saturated heterocycles. The van der Waals surface area contributed by atoms with Crippen molar-refractivity contribution in [2.45, 2.75) is 25.6 Å². The highest BCUT2D eigenvalue weighted by Gasteiger charge is 2.19. The molecule has 1 heterocycles. The number of hydrogen-bond acceptors (Lipinski definition) is 3. The molecule has 1 atom stereocenters. The van der Waals surface area contributed by atoms with Crippen LogP contribution in [-0.2, 0) is 24.4 Å². The Morgan fingerprint density at radius 3 is 2.65 bits per heavy atom. The fourth-order valence-corrected chi connectivity index (χ4v) is 3.63. The van der Waals surface area contributed by atoms with Gasteiger partial charge >= 0.3 is 5.97 Å². The van der Waals surface area contributed by atoms with Crippen LogP contribution in [0.25, 0.3) is 10.9 Å². The zero-order valence-corrected chi connectivity index (χ0v) is 17.6. The molecule has 0 unspecified atom stereocenters. The number of para-hydroxylation sites is 1. The van der Waals surface area contributed by atoms with Crippen molar-refractivity contribution in [3.8, 4) is 5.75 Å². The molecule has 5 nitrogen and oxygen atoms in total. The molecule has 0 aliphatic carbocycles. The third-order valence-electron chi connectivity index (χ3n) is 5.17. The summed E-state index contributed by atoms with van der Waals surface area (Å²) in [5.41, 5.74) is 3.97. The first-order valence-corrected chi connectivity index (χ1v) is 10.4. The van der Waals surface area contributed by atoms with Gasteiger partial charge in [-0.3, -0.25) is 4.79 Å². The van der Waals surface area contributed by atoms with Gasteiger partial charge in [0.2, 0.25) is 0 Å². The van der Waals surface area contributed by atoms with Crippen LogP contribution in [-0.4, -0.2) is 22.1 Å². The molecule has 31 heavy (non-hydrogen) atoms. The molecule has 0 aliphatic rings. The maximum atomic E-state index is 11.8. The summed E-state index contributed by atoms with van der Waals surface area (Å²) in [5, 5.41) is 14.6. The predicted molar refractivity (Wildman–Crippen MR) is 122 cm³/mol. The summed E-state index contributed by atoms with van der Waals surface area (Å²) >= 11 is 5.91. The van der Waals surface area contributed by atoms with Gasteiger partial charge in [-0.15, -0.1) is 0 Å². The lowest BCUT2D eigenvalue weighted by Gasteiger charge is -2.15. The van der Waals surface area contributed by atoms with Crippen LogP contribution in [0.5, 0.6) is 5.75 Å². The lowest BCUT2D eigenvalue weighted by atomic mass is 10.0. The van der Waals surface area contributed by atoms with Crippen molar-refractivity contribution in [3.63, 3.8) is 0 Å². The zero-order chi connectivity index (χ0) is 21.6. The highest BCUT2D eigenvalue weighted by atomic mass is 35.5. The van der Waals surface area contributed by atoms with Crippen molar-refractivity contribution in [1.29, 1.82) is 0 Å². The Kier molecular flexibility index (Phi) is 6.55. The number of rotatable bonds is 9. The van der Waals surface area contributed by atoms with Crippen LogP contribution in [0.1, 0.15) is 16.7 Å². The highest BCUT2D eigenvalue weighted by molar-refractivity contribution is 6.30. The van der Waals surface area contributed by atoms with E-state index < -0.39 is 12.0 Å². The summed E-state index contributed by atoms with van der Waals surface area (Å²) < 4.78 is 5.87. The maximum absolute atomic E-state index is 11.8. The number of carbonyl (C=O) groups is 1. The van der Waals surface area contributed by atoms with Crippen molar-refractivity contribution < 1.29 is 14.6 Å². The first kappa shape index (κ1) is 21.0. The zero-order valence-electron chi connectivity index (χ0n) is 16.8. The number of halogens is 1. The van der Waals surface area contributed by atoms with E-state index in [4.69, 9.17) is 16.3 Å². The second-order valence-corrected chi connectivity index (χ2v) is 7.83. The van der Waals surface area contributed by atoms with Crippen LogP contribution >= 0.6 is 11.6 Å². The van der Waals surface area contributed by atoms with Gasteiger partial charge in [-0.25, -0.2) is 0 Å².